The number of methoxy groups -OCH3 is 1. The van der Waals surface area contributed by atoms with Crippen LogP contribution in [0.25, 0.3) is 0 Å². The quantitative estimate of drug-likeness (QED) is 0.406. The van der Waals surface area contributed by atoms with Crippen LogP contribution in [0, 0.1) is 5.92 Å². The molecule has 0 spiro atoms. The summed E-state index contributed by atoms with van der Waals surface area (Å²) in [5, 5.41) is 2.15. The summed E-state index contributed by atoms with van der Waals surface area (Å²) in [6.07, 6.45) is -0.947. The molecular weight excluding hydrogens is 456 g/mol. The molecule has 8 heteroatoms. The number of rotatable bonds is 5. The molecule has 0 aromatic heterocycles. The number of nitrogens with zero attached hydrogens (tertiary/aromatic N) is 2. The minimum atomic E-state index is -0.947. The van der Waals surface area contributed by atoms with Gasteiger partial charge in [-0.3, -0.25) is 19.3 Å². The van der Waals surface area contributed by atoms with Gasteiger partial charge < -0.3 is 4.74 Å². The van der Waals surface area contributed by atoms with Crippen molar-refractivity contribution in [1.29, 1.82) is 0 Å². The van der Waals surface area contributed by atoms with Gasteiger partial charge >= 0.3 is 5.97 Å². The van der Waals surface area contributed by atoms with Crippen molar-refractivity contribution >= 4 is 35.1 Å². The van der Waals surface area contributed by atoms with E-state index < -0.39 is 24.0 Å². The van der Waals surface area contributed by atoms with E-state index in [1.165, 1.54) is 12.0 Å². The summed E-state index contributed by atoms with van der Waals surface area (Å²) >= 11 is 6.05. The maximum absolute atomic E-state index is 13.5. The van der Waals surface area contributed by atoms with Crippen LogP contribution in [0.3, 0.4) is 0 Å². The Hall–Kier alpha value is -3.68. The maximum atomic E-state index is 13.5. The second-order valence-electron chi connectivity index (χ2n) is 8.16. The normalized spacial score (nSPS) is 21.6. The van der Waals surface area contributed by atoms with Crippen LogP contribution in [0.5, 0.6) is 0 Å². The second-order valence-corrected chi connectivity index (χ2v) is 8.60. The predicted octanol–water partition coefficient (Wildman–Crippen LogP) is 4.17. The summed E-state index contributed by atoms with van der Waals surface area (Å²) in [6.45, 7) is 0.184. The first-order chi connectivity index (χ1) is 16.5. The number of hydrogen-bond acceptors (Lipinski definition) is 6. The lowest BCUT2D eigenvalue weighted by Crippen LogP contribution is -2.36. The molecule has 0 bridgehead atoms. The Labute approximate surface area is 201 Å². The summed E-state index contributed by atoms with van der Waals surface area (Å²) in [5.74, 6) is -1.86. The van der Waals surface area contributed by atoms with Crippen LogP contribution in [0.1, 0.15) is 27.5 Å². The van der Waals surface area contributed by atoms with Gasteiger partial charge in [-0.25, -0.2) is 9.86 Å². The molecule has 3 aromatic carbocycles. The minimum absolute atomic E-state index is 0.184. The number of carbonyl (C=O) groups is 3. The predicted molar refractivity (Wildman–Crippen MR) is 125 cm³/mol. The molecule has 5 rings (SSSR count). The van der Waals surface area contributed by atoms with Crippen LogP contribution in [0.2, 0.25) is 5.02 Å². The van der Waals surface area contributed by atoms with Crippen molar-refractivity contribution in [2.75, 3.05) is 12.2 Å². The van der Waals surface area contributed by atoms with Crippen LogP contribution >= 0.6 is 11.6 Å². The zero-order valence-electron chi connectivity index (χ0n) is 18.3. The molecule has 0 unspecified atom stereocenters. The van der Waals surface area contributed by atoms with E-state index >= 15 is 0 Å². The first-order valence-corrected chi connectivity index (χ1v) is 11.1. The summed E-state index contributed by atoms with van der Waals surface area (Å²) in [5.41, 5.74) is 2.64. The first-order valence-electron chi connectivity index (χ1n) is 10.8. The molecule has 2 fully saturated rings. The SMILES string of the molecule is COC(=O)c1ccc([C@@H]2[C@@H]3C(=O)N(Cc4ccccc4)C(=O)[C@H]3ON2c2ccc(Cl)cc2)cc1. The smallest absolute Gasteiger partial charge is 0.337 e. The molecule has 2 aliphatic heterocycles. The standard InChI is InChI=1S/C26H21ClN2O5/c1-33-26(32)18-9-7-17(8-10-18)22-21-23(34-29(22)20-13-11-19(27)12-14-20)25(31)28(24(21)30)15-16-5-3-2-4-6-16/h2-14,21-23H,15H2,1H3/t21-,22+,23-/m0/s1. The monoisotopic (exact) mass is 476 g/mol. The fraction of sp³-hybridized carbons (Fsp3) is 0.192. The Bertz CT molecular complexity index is 1230. The van der Waals surface area contributed by atoms with Crippen LogP contribution in [-0.2, 0) is 25.7 Å². The Morgan fingerprint density at radius 2 is 1.62 bits per heavy atom. The number of amides is 2. The molecule has 0 aliphatic carbocycles. The number of fused-ring (bicyclic) bond motifs is 1. The number of ether oxygens (including phenoxy) is 1. The Morgan fingerprint density at radius 3 is 2.26 bits per heavy atom. The van der Waals surface area contributed by atoms with Gasteiger partial charge in [-0.2, -0.15) is 0 Å². The maximum Gasteiger partial charge on any atom is 0.337 e. The molecule has 2 amide bonds. The van der Waals surface area contributed by atoms with E-state index in [0.29, 0.717) is 16.3 Å². The van der Waals surface area contributed by atoms with Crippen molar-refractivity contribution in [2.24, 2.45) is 5.92 Å². The number of hydroxylamine groups is 1. The van der Waals surface area contributed by atoms with E-state index in [1.54, 1.807) is 53.6 Å². The van der Waals surface area contributed by atoms with Crippen molar-refractivity contribution < 1.29 is 24.0 Å². The van der Waals surface area contributed by atoms with Gasteiger partial charge in [0.05, 0.1) is 30.9 Å². The lowest BCUT2D eigenvalue weighted by Gasteiger charge is -2.29. The topological polar surface area (TPSA) is 76.2 Å². The van der Waals surface area contributed by atoms with E-state index in [4.69, 9.17) is 21.2 Å². The van der Waals surface area contributed by atoms with Gasteiger partial charge in [0.25, 0.3) is 5.91 Å². The number of likely N-dealkylation sites (tertiary alicyclic amines) is 1. The van der Waals surface area contributed by atoms with E-state index in [0.717, 1.165) is 11.1 Å². The van der Waals surface area contributed by atoms with Gasteiger partial charge in [0, 0.05) is 5.02 Å². The van der Waals surface area contributed by atoms with E-state index in [2.05, 4.69) is 0 Å². The van der Waals surface area contributed by atoms with Gasteiger partial charge in [0.15, 0.2) is 6.10 Å². The molecule has 7 nitrogen and oxygen atoms in total. The van der Waals surface area contributed by atoms with Crippen LogP contribution in [0.15, 0.2) is 78.9 Å². The zero-order valence-corrected chi connectivity index (χ0v) is 19.0. The highest BCUT2D eigenvalue weighted by Gasteiger charge is 2.59. The summed E-state index contributed by atoms with van der Waals surface area (Å²) in [4.78, 5) is 46.1. The van der Waals surface area contributed by atoms with Crippen molar-refractivity contribution in [2.45, 2.75) is 18.7 Å². The fourth-order valence-electron chi connectivity index (χ4n) is 4.48. The lowest BCUT2D eigenvalue weighted by molar-refractivity contribution is -0.143. The highest BCUT2D eigenvalue weighted by molar-refractivity contribution is 6.30. The molecule has 3 atom stereocenters. The highest BCUT2D eigenvalue weighted by Crippen LogP contribution is 2.47. The number of esters is 1. The average molecular weight is 477 g/mol. The van der Waals surface area contributed by atoms with Crippen molar-refractivity contribution in [3.63, 3.8) is 0 Å². The molecule has 34 heavy (non-hydrogen) atoms. The summed E-state index contributed by atoms with van der Waals surface area (Å²) < 4.78 is 4.78. The summed E-state index contributed by atoms with van der Waals surface area (Å²) in [6, 6.07) is 22.6. The Morgan fingerprint density at radius 1 is 0.941 bits per heavy atom. The Kier molecular flexibility index (Phi) is 5.81. The van der Waals surface area contributed by atoms with Gasteiger partial charge in [0.1, 0.15) is 5.92 Å². The third kappa shape index (κ3) is 3.83. The third-order valence-corrected chi connectivity index (χ3v) is 6.40. The second kappa shape index (κ2) is 8.93. The van der Waals surface area contributed by atoms with Crippen molar-refractivity contribution in [3.05, 3.63) is 101 Å². The molecule has 0 radical (unpaired) electrons. The minimum Gasteiger partial charge on any atom is -0.465 e. The molecule has 172 valence electrons. The van der Waals surface area contributed by atoms with Gasteiger partial charge in [-0.1, -0.05) is 54.1 Å². The molecule has 2 heterocycles. The number of anilines is 1. The lowest BCUT2D eigenvalue weighted by atomic mass is 9.90. The first kappa shape index (κ1) is 22.1. The molecule has 2 saturated heterocycles. The van der Waals surface area contributed by atoms with E-state index in [1.807, 2.05) is 30.3 Å². The van der Waals surface area contributed by atoms with Gasteiger partial charge in [0.2, 0.25) is 5.91 Å². The zero-order chi connectivity index (χ0) is 23.8. The molecule has 0 saturated carbocycles. The van der Waals surface area contributed by atoms with Crippen molar-refractivity contribution in [1.82, 2.24) is 4.90 Å². The van der Waals surface area contributed by atoms with Crippen LogP contribution in [0.4, 0.5) is 5.69 Å². The van der Waals surface area contributed by atoms with E-state index in [-0.39, 0.29) is 18.4 Å². The largest absolute Gasteiger partial charge is 0.465 e. The average Bonchev–Trinajstić information content (AvgIpc) is 3.37. The fourth-order valence-corrected chi connectivity index (χ4v) is 4.60. The number of hydrogen-bond donors (Lipinski definition) is 0. The number of carbonyl (C=O) groups excluding carboxylic acids is 3. The number of halogens is 1. The van der Waals surface area contributed by atoms with E-state index in [9.17, 15) is 14.4 Å². The van der Waals surface area contributed by atoms with Gasteiger partial charge in [-0.05, 0) is 47.5 Å². The van der Waals surface area contributed by atoms with Crippen molar-refractivity contribution in [3.8, 4) is 0 Å². The summed E-state index contributed by atoms with van der Waals surface area (Å²) in [7, 11) is 1.32. The number of imide groups is 1. The molecule has 0 N–H and O–H groups in total. The molecular formula is C26H21ClN2O5. The van der Waals surface area contributed by atoms with Crippen LogP contribution in [-0.4, -0.2) is 35.9 Å². The molecule has 3 aromatic rings. The number of benzene rings is 3. The molecule has 2 aliphatic rings. The highest BCUT2D eigenvalue weighted by atomic mass is 35.5. The van der Waals surface area contributed by atoms with Crippen LogP contribution < -0.4 is 5.06 Å². The third-order valence-electron chi connectivity index (χ3n) is 6.14. The van der Waals surface area contributed by atoms with Gasteiger partial charge in [-0.15, -0.1) is 0 Å². The Balaban J connectivity index is 1.52.